The monoisotopic (exact) mass is 772 g/mol. The van der Waals surface area contributed by atoms with E-state index < -0.39 is 0 Å². The third-order valence-electron chi connectivity index (χ3n) is 12.9. The number of nitrogens with zero attached hydrogens (tertiary/aromatic N) is 2. The molecule has 0 aliphatic rings. The van der Waals surface area contributed by atoms with Gasteiger partial charge in [-0.1, -0.05) is 170 Å². The van der Waals surface area contributed by atoms with Gasteiger partial charge in [0.2, 0.25) is 0 Å². The van der Waals surface area contributed by atoms with E-state index in [-0.39, 0.29) is 0 Å². The summed E-state index contributed by atoms with van der Waals surface area (Å²) in [5.41, 5.74) is 12.1. The SMILES string of the molecule is c1ccc(-c2cc(-c3cc(-c4cc5ccccc5c5ccccc45)cc(-n4c5ccccc5c5ccccc54)c3)nc(-c3ccc4ccc5cccc6ccc3c4c56)c2)cc1. The number of aromatic nitrogens is 2. The molecular weight excluding hydrogens is 737 g/mol. The van der Waals surface area contributed by atoms with E-state index in [4.69, 9.17) is 4.98 Å². The van der Waals surface area contributed by atoms with E-state index in [1.807, 2.05) is 0 Å². The molecule has 13 rings (SSSR count). The van der Waals surface area contributed by atoms with E-state index in [9.17, 15) is 0 Å². The van der Waals surface area contributed by atoms with Gasteiger partial charge in [-0.25, -0.2) is 4.98 Å². The highest BCUT2D eigenvalue weighted by Gasteiger charge is 2.19. The fourth-order valence-corrected chi connectivity index (χ4v) is 10.1. The Morgan fingerprint density at radius 2 is 0.852 bits per heavy atom. The van der Waals surface area contributed by atoms with Crippen LogP contribution >= 0.6 is 0 Å². The molecule has 0 radical (unpaired) electrons. The summed E-state index contributed by atoms with van der Waals surface area (Å²) in [6, 6.07) is 80.1. The van der Waals surface area contributed by atoms with Crippen molar-refractivity contribution in [2.45, 2.75) is 0 Å². The van der Waals surface area contributed by atoms with E-state index in [1.165, 1.54) is 81.2 Å². The van der Waals surface area contributed by atoms with Crippen molar-refractivity contribution in [3.63, 3.8) is 0 Å². The number of hydrogen-bond acceptors (Lipinski definition) is 1. The van der Waals surface area contributed by atoms with E-state index in [2.05, 4.69) is 223 Å². The van der Waals surface area contributed by atoms with Crippen LogP contribution in [0.1, 0.15) is 0 Å². The van der Waals surface area contributed by atoms with Crippen molar-refractivity contribution in [3.05, 3.63) is 218 Å². The van der Waals surface area contributed by atoms with Crippen LogP contribution in [-0.2, 0) is 0 Å². The average molecular weight is 773 g/mol. The second-order valence-electron chi connectivity index (χ2n) is 16.3. The molecule has 0 aliphatic heterocycles. The van der Waals surface area contributed by atoms with Crippen molar-refractivity contribution in [2.24, 2.45) is 0 Å². The van der Waals surface area contributed by atoms with Gasteiger partial charge in [-0.2, -0.15) is 0 Å². The van der Waals surface area contributed by atoms with Crippen LogP contribution in [0.4, 0.5) is 0 Å². The molecule has 0 spiro atoms. The van der Waals surface area contributed by atoms with Crippen LogP contribution in [0.3, 0.4) is 0 Å². The Kier molecular flexibility index (Phi) is 7.34. The van der Waals surface area contributed by atoms with Crippen molar-refractivity contribution < 1.29 is 0 Å². The van der Waals surface area contributed by atoms with Crippen molar-refractivity contribution >= 4 is 75.7 Å². The van der Waals surface area contributed by atoms with E-state index in [0.29, 0.717) is 0 Å². The minimum atomic E-state index is 0.927. The van der Waals surface area contributed by atoms with Crippen molar-refractivity contribution in [2.75, 3.05) is 0 Å². The van der Waals surface area contributed by atoms with Crippen molar-refractivity contribution in [3.8, 4) is 50.5 Å². The topological polar surface area (TPSA) is 17.8 Å². The molecular formula is C59H36N2. The number of fused-ring (bicyclic) bond motifs is 6. The molecule has 2 heterocycles. The van der Waals surface area contributed by atoms with E-state index >= 15 is 0 Å². The maximum absolute atomic E-state index is 5.67. The largest absolute Gasteiger partial charge is 0.309 e. The van der Waals surface area contributed by atoms with Gasteiger partial charge in [0.25, 0.3) is 0 Å². The number of hydrogen-bond donors (Lipinski definition) is 0. The molecule has 0 saturated carbocycles. The lowest BCUT2D eigenvalue weighted by Crippen LogP contribution is -1.98. The third kappa shape index (κ3) is 5.26. The maximum atomic E-state index is 5.67. The van der Waals surface area contributed by atoms with Crippen LogP contribution in [-0.4, -0.2) is 9.55 Å². The van der Waals surface area contributed by atoms with Crippen molar-refractivity contribution in [1.29, 1.82) is 0 Å². The lowest BCUT2D eigenvalue weighted by Gasteiger charge is -2.18. The summed E-state index contributed by atoms with van der Waals surface area (Å²) in [5.74, 6) is 0. The zero-order valence-corrected chi connectivity index (χ0v) is 33.2. The molecule has 11 aromatic carbocycles. The van der Waals surface area contributed by atoms with Crippen LogP contribution in [0.25, 0.3) is 126 Å². The smallest absolute Gasteiger partial charge is 0.0721 e. The Morgan fingerprint density at radius 1 is 0.279 bits per heavy atom. The molecule has 2 heteroatoms. The third-order valence-corrected chi connectivity index (χ3v) is 12.9. The predicted molar refractivity (Wildman–Crippen MR) is 259 cm³/mol. The molecule has 2 nitrogen and oxygen atoms in total. The van der Waals surface area contributed by atoms with Crippen LogP contribution in [0.5, 0.6) is 0 Å². The molecule has 13 aromatic rings. The summed E-state index contributed by atoms with van der Waals surface area (Å²) in [6.07, 6.45) is 0. The minimum Gasteiger partial charge on any atom is -0.309 e. The highest BCUT2D eigenvalue weighted by Crippen LogP contribution is 2.43. The molecule has 61 heavy (non-hydrogen) atoms. The van der Waals surface area contributed by atoms with Gasteiger partial charge < -0.3 is 4.57 Å². The first kappa shape index (κ1) is 33.9. The Morgan fingerprint density at radius 3 is 1.62 bits per heavy atom. The molecule has 0 bridgehead atoms. The number of benzene rings is 11. The fraction of sp³-hybridized carbons (Fsp3) is 0. The molecule has 0 atom stereocenters. The molecule has 0 amide bonds. The molecule has 0 saturated heterocycles. The van der Waals surface area contributed by atoms with Crippen LogP contribution in [0.2, 0.25) is 0 Å². The highest BCUT2D eigenvalue weighted by atomic mass is 15.0. The second-order valence-corrected chi connectivity index (χ2v) is 16.3. The molecule has 0 N–H and O–H groups in total. The second kappa shape index (κ2) is 13.2. The first-order valence-corrected chi connectivity index (χ1v) is 21.0. The van der Waals surface area contributed by atoms with Crippen LogP contribution in [0.15, 0.2) is 218 Å². The molecule has 0 fully saturated rings. The molecule has 0 unspecified atom stereocenters. The summed E-state index contributed by atoms with van der Waals surface area (Å²) in [4.78, 5) is 5.67. The van der Waals surface area contributed by atoms with Gasteiger partial charge in [0.15, 0.2) is 0 Å². The summed E-state index contributed by atoms with van der Waals surface area (Å²) in [5, 5.41) is 15.0. The molecule has 2 aromatic heterocycles. The standard InChI is InChI=1S/C59H36N2/c1-2-13-37(14-3-1)42-35-54(60-55(36-42)49-29-27-40-26-25-38-16-12-17-39-28-30-52(49)59(40)58(38)39)44-31-43(53-34-41-15-4-5-18-46(41)47-19-6-7-20-48(47)53)32-45(33-44)61-56-23-10-8-21-50(56)51-22-9-11-24-57(51)61/h1-36H. The molecule has 282 valence electrons. The van der Waals surface area contributed by atoms with Gasteiger partial charge >= 0.3 is 0 Å². The van der Waals surface area contributed by atoms with Crippen LogP contribution < -0.4 is 0 Å². The lowest BCUT2D eigenvalue weighted by atomic mass is 9.90. The van der Waals surface area contributed by atoms with Gasteiger partial charge in [0.05, 0.1) is 22.4 Å². The Bertz CT molecular complexity index is 3800. The van der Waals surface area contributed by atoms with Crippen molar-refractivity contribution in [1.82, 2.24) is 9.55 Å². The number of rotatable bonds is 5. The molecule has 0 aliphatic carbocycles. The fourth-order valence-electron chi connectivity index (χ4n) is 10.1. The lowest BCUT2D eigenvalue weighted by molar-refractivity contribution is 1.18. The summed E-state index contributed by atoms with van der Waals surface area (Å²) >= 11 is 0. The Balaban J connectivity index is 1.12. The average Bonchev–Trinajstić information content (AvgIpc) is 3.67. The summed E-state index contributed by atoms with van der Waals surface area (Å²) in [6.45, 7) is 0. The van der Waals surface area contributed by atoms with Gasteiger partial charge in [-0.05, 0) is 125 Å². The van der Waals surface area contributed by atoms with E-state index in [1.54, 1.807) is 0 Å². The first-order chi connectivity index (χ1) is 30.2. The highest BCUT2D eigenvalue weighted by molar-refractivity contribution is 6.25. The minimum absolute atomic E-state index is 0.927. The quantitative estimate of drug-likeness (QED) is 0.159. The number of pyridine rings is 1. The Hall–Kier alpha value is -8.07. The first-order valence-electron chi connectivity index (χ1n) is 21.0. The summed E-state index contributed by atoms with van der Waals surface area (Å²) < 4.78 is 2.43. The number of para-hydroxylation sites is 2. The normalized spacial score (nSPS) is 11.9. The summed E-state index contributed by atoms with van der Waals surface area (Å²) in [7, 11) is 0. The van der Waals surface area contributed by atoms with Gasteiger partial charge in [-0.15, -0.1) is 0 Å². The van der Waals surface area contributed by atoms with Gasteiger partial charge in [0.1, 0.15) is 0 Å². The van der Waals surface area contributed by atoms with E-state index in [0.717, 1.165) is 44.9 Å². The van der Waals surface area contributed by atoms with Crippen LogP contribution in [0, 0.1) is 0 Å². The maximum Gasteiger partial charge on any atom is 0.0721 e. The van der Waals surface area contributed by atoms with Gasteiger partial charge in [0, 0.05) is 27.6 Å². The zero-order valence-electron chi connectivity index (χ0n) is 33.2. The predicted octanol–water partition coefficient (Wildman–Crippen LogP) is 16.1. The van der Waals surface area contributed by atoms with Gasteiger partial charge in [-0.3, -0.25) is 0 Å². The Labute approximate surface area is 352 Å². The zero-order chi connectivity index (χ0) is 40.0.